The molecule has 0 bridgehead atoms. The van der Waals surface area contributed by atoms with Crippen LogP contribution in [0.1, 0.15) is 37.4 Å². The van der Waals surface area contributed by atoms with Crippen LogP contribution in [0.15, 0.2) is 39.8 Å². The van der Waals surface area contributed by atoms with Gasteiger partial charge in [-0.15, -0.1) is 0 Å². The van der Waals surface area contributed by atoms with Crippen molar-refractivity contribution in [3.05, 3.63) is 42.0 Å². The van der Waals surface area contributed by atoms with E-state index in [1.54, 1.807) is 30.3 Å². The Morgan fingerprint density at radius 2 is 1.90 bits per heavy atom. The molecule has 7 heteroatoms. The van der Waals surface area contributed by atoms with Crippen LogP contribution in [0.25, 0.3) is 0 Å². The molecule has 21 heavy (non-hydrogen) atoms. The van der Waals surface area contributed by atoms with E-state index in [9.17, 15) is 8.42 Å². The first-order valence-corrected chi connectivity index (χ1v) is 8.31. The Morgan fingerprint density at radius 1 is 1.24 bits per heavy atom. The van der Waals surface area contributed by atoms with Crippen LogP contribution in [0.2, 0.25) is 0 Å². The van der Waals surface area contributed by atoms with E-state index in [0.29, 0.717) is 29.7 Å². The van der Waals surface area contributed by atoms with E-state index in [0.717, 1.165) is 0 Å². The van der Waals surface area contributed by atoms with Crippen LogP contribution < -0.4 is 0 Å². The second-order valence-electron chi connectivity index (χ2n) is 5.48. The second-order valence-corrected chi connectivity index (χ2v) is 7.42. The van der Waals surface area contributed by atoms with E-state index in [1.165, 1.54) is 4.31 Å². The lowest BCUT2D eigenvalue weighted by Gasteiger charge is -2.35. The number of nitrogens with zero attached hydrogens (tertiary/aromatic N) is 3. The quantitative estimate of drug-likeness (QED) is 0.863. The molecule has 0 unspecified atom stereocenters. The average Bonchev–Trinajstić information content (AvgIpc) is 2.87. The summed E-state index contributed by atoms with van der Waals surface area (Å²) in [6, 6.07) is 8.44. The van der Waals surface area contributed by atoms with Crippen LogP contribution in [0, 0.1) is 0 Å². The van der Waals surface area contributed by atoms with Gasteiger partial charge in [0.25, 0.3) is 0 Å². The lowest BCUT2D eigenvalue weighted by molar-refractivity contribution is 0.216. The lowest BCUT2D eigenvalue weighted by Crippen LogP contribution is -2.48. The normalized spacial score (nSPS) is 17.1. The minimum Gasteiger partial charge on any atom is -0.339 e. The van der Waals surface area contributed by atoms with Gasteiger partial charge in [0.1, 0.15) is 0 Å². The zero-order chi connectivity index (χ0) is 15.0. The van der Waals surface area contributed by atoms with Gasteiger partial charge in [0, 0.05) is 19.0 Å². The van der Waals surface area contributed by atoms with E-state index in [4.69, 9.17) is 4.52 Å². The number of hydrogen-bond acceptors (Lipinski definition) is 5. The molecule has 112 valence electrons. The van der Waals surface area contributed by atoms with Crippen molar-refractivity contribution in [1.82, 2.24) is 14.4 Å². The van der Waals surface area contributed by atoms with Gasteiger partial charge in [-0.25, -0.2) is 8.42 Å². The van der Waals surface area contributed by atoms with Crippen molar-refractivity contribution in [3.63, 3.8) is 0 Å². The predicted octanol–water partition coefficient (Wildman–Crippen LogP) is 1.98. The van der Waals surface area contributed by atoms with Gasteiger partial charge in [0.2, 0.25) is 15.9 Å². The van der Waals surface area contributed by atoms with Crippen molar-refractivity contribution in [2.45, 2.75) is 30.6 Å². The molecule has 1 aromatic carbocycles. The molecule has 1 fully saturated rings. The average molecular weight is 307 g/mol. The van der Waals surface area contributed by atoms with E-state index >= 15 is 0 Å². The molecular formula is C14H17N3O3S. The van der Waals surface area contributed by atoms with Gasteiger partial charge >= 0.3 is 0 Å². The van der Waals surface area contributed by atoms with Crippen LogP contribution in [-0.2, 0) is 10.0 Å². The molecule has 2 aromatic rings. The molecule has 0 saturated carbocycles. The van der Waals surface area contributed by atoms with Crippen LogP contribution in [0.3, 0.4) is 0 Å². The Morgan fingerprint density at radius 3 is 2.48 bits per heavy atom. The number of benzene rings is 1. The van der Waals surface area contributed by atoms with Gasteiger partial charge in [-0.05, 0) is 12.1 Å². The fraction of sp³-hybridized carbons (Fsp3) is 0.429. The second kappa shape index (κ2) is 5.23. The highest BCUT2D eigenvalue weighted by molar-refractivity contribution is 7.89. The van der Waals surface area contributed by atoms with Crippen LogP contribution in [0.4, 0.5) is 0 Å². The summed E-state index contributed by atoms with van der Waals surface area (Å²) in [5.41, 5.74) is 0. The summed E-state index contributed by atoms with van der Waals surface area (Å²) in [6.07, 6.45) is 0. The molecule has 1 aliphatic heterocycles. The number of rotatable bonds is 4. The molecular weight excluding hydrogens is 290 g/mol. The molecule has 1 saturated heterocycles. The molecule has 0 atom stereocenters. The molecule has 0 amide bonds. The summed E-state index contributed by atoms with van der Waals surface area (Å²) in [4.78, 5) is 4.64. The summed E-state index contributed by atoms with van der Waals surface area (Å²) < 4.78 is 31.4. The third kappa shape index (κ3) is 2.58. The van der Waals surface area contributed by atoms with Gasteiger partial charge in [-0.3, -0.25) is 0 Å². The number of aromatic nitrogens is 2. The SMILES string of the molecule is CC(C)c1noc(C2CN(S(=O)(=O)c3ccccc3)C2)n1. The van der Waals surface area contributed by atoms with Crippen molar-refractivity contribution in [1.29, 1.82) is 0 Å². The molecule has 0 aliphatic carbocycles. The van der Waals surface area contributed by atoms with E-state index < -0.39 is 10.0 Å². The molecule has 1 aliphatic rings. The molecule has 0 N–H and O–H groups in total. The molecule has 0 spiro atoms. The van der Waals surface area contributed by atoms with Gasteiger partial charge in [0.05, 0.1) is 10.8 Å². The minimum atomic E-state index is -3.41. The number of hydrogen-bond donors (Lipinski definition) is 0. The van der Waals surface area contributed by atoms with E-state index in [2.05, 4.69) is 10.1 Å². The van der Waals surface area contributed by atoms with Crippen molar-refractivity contribution in [2.75, 3.05) is 13.1 Å². The highest BCUT2D eigenvalue weighted by Crippen LogP contribution is 2.31. The third-order valence-electron chi connectivity index (χ3n) is 3.55. The van der Waals surface area contributed by atoms with Crippen LogP contribution in [0.5, 0.6) is 0 Å². The molecule has 2 heterocycles. The highest BCUT2D eigenvalue weighted by Gasteiger charge is 2.40. The van der Waals surface area contributed by atoms with E-state index in [-0.39, 0.29) is 11.8 Å². The van der Waals surface area contributed by atoms with Crippen molar-refractivity contribution >= 4 is 10.0 Å². The molecule has 0 radical (unpaired) electrons. The van der Waals surface area contributed by atoms with Crippen molar-refractivity contribution < 1.29 is 12.9 Å². The molecule has 3 rings (SSSR count). The van der Waals surface area contributed by atoms with Crippen molar-refractivity contribution in [2.24, 2.45) is 0 Å². The Balaban J connectivity index is 1.70. The summed E-state index contributed by atoms with van der Waals surface area (Å²) in [5.74, 6) is 1.38. The molecule has 6 nitrogen and oxygen atoms in total. The smallest absolute Gasteiger partial charge is 0.243 e. The summed E-state index contributed by atoms with van der Waals surface area (Å²) in [5, 5.41) is 3.91. The first kappa shape index (κ1) is 14.2. The maximum atomic E-state index is 12.4. The largest absolute Gasteiger partial charge is 0.339 e. The van der Waals surface area contributed by atoms with Gasteiger partial charge in [0.15, 0.2) is 5.82 Å². The zero-order valence-electron chi connectivity index (χ0n) is 11.9. The number of sulfonamides is 1. The summed E-state index contributed by atoms with van der Waals surface area (Å²) in [7, 11) is -3.41. The summed E-state index contributed by atoms with van der Waals surface area (Å²) in [6.45, 7) is 4.75. The first-order valence-electron chi connectivity index (χ1n) is 6.87. The van der Waals surface area contributed by atoms with Crippen LogP contribution >= 0.6 is 0 Å². The molecule has 1 aromatic heterocycles. The highest BCUT2D eigenvalue weighted by atomic mass is 32.2. The minimum absolute atomic E-state index is 0.0107. The van der Waals surface area contributed by atoms with Crippen molar-refractivity contribution in [3.8, 4) is 0 Å². The van der Waals surface area contributed by atoms with Crippen LogP contribution in [-0.4, -0.2) is 36.0 Å². The maximum Gasteiger partial charge on any atom is 0.243 e. The van der Waals surface area contributed by atoms with Gasteiger partial charge in [-0.1, -0.05) is 37.2 Å². The third-order valence-corrected chi connectivity index (χ3v) is 5.40. The Bertz CT molecular complexity index is 719. The fourth-order valence-electron chi connectivity index (χ4n) is 2.18. The topological polar surface area (TPSA) is 76.3 Å². The predicted molar refractivity (Wildman–Crippen MR) is 76.3 cm³/mol. The zero-order valence-corrected chi connectivity index (χ0v) is 12.7. The lowest BCUT2D eigenvalue weighted by atomic mass is 10.0. The fourth-order valence-corrected chi connectivity index (χ4v) is 3.73. The standard InChI is InChI=1S/C14H17N3O3S/c1-10(2)13-15-14(20-16-13)11-8-17(9-11)21(18,19)12-6-4-3-5-7-12/h3-7,10-11H,8-9H2,1-2H3. The Labute approximate surface area is 123 Å². The Kier molecular flexibility index (Phi) is 3.54. The summed E-state index contributed by atoms with van der Waals surface area (Å²) >= 11 is 0. The van der Waals surface area contributed by atoms with E-state index in [1.807, 2.05) is 13.8 Å². The first-order chi connectivity index (χ1) is 9.98. The van der Waals surface area contributed by atoms with Gasteiger partial charge < -0.3 is 4.52 Å². The monoisotopic (exact) mass is 307 g/mol. The Hall–Kier alpha value is -1.73. The van der Waals surface area contributed by atoms with Gasteiger partial charge in [-0.2, -0.15) is 9.29 Å². The maximum absolute atomic E-state index is 12.4.